The molecule has 5 nitrogen and oxygen atoms in total. The Hall–Kier alpha value is -2.66. The largest absolute Gasteiger partial charge is 0.325 e. The number of para-hydroxylation sites is 1. The highest BCUT2D eigenvalue weighted by molar-refractivity contribution is 6.30. The van der Waals surface area contributed by atoms with Gasteiger partial charge in [0.05, 0.1) is 6.20 Å². The Bertz CT molecular complexity index is 823. The third-order valence-corrected chi connectivity index (χ3v) is 3.89. The third-order valence-electron chi connectivity index (χ3n) is 3.65. The van der Waals surface area contributed by atoms with E-state index in [4.69, 9.17) is 11.6 Å². The lowest BCUT2D eigenvalue weighted by Gasteiger charge is -2.21. The van der Waals surface area contributed by atoms with Gasteiger partial charge in [0.1, 0.15) is 0 Å². The lowest BCUT2D eigenvalue weighted by molar-refractivity contribution is 0.922. The van der Waals surface area contributed by atoms with Gasteiger partial charge >= 0.3 is 0 Å². The van der Waals surface area contributed by atoms with Crippen LogP contribution in [0.25, 0.3) is 0 Å². The second-order valence-electron chi connectivity index (χ2n) is 5.30. The minimum Gasteiger partial charge on any atom is -0.325 e. The van der Waals surface area contributed by atoms with Crippen molar-refractivity contribution in [2.24, 2.45) is 0 Å². The van der Waals surface area contributed by atoms with Gasteiger partial charge in [-0.1, -0.05) is 35.9 Å². The fourth-order valence-corrected chi connectivity index (χ4v) is 2.58. The predicted molar refractivity (Wildman–Crippen MR) is 98.4 cm³/mol. The number of benzene rings is 2. The molecule has 0 aliphatic carbocycles. The molecular weight excluding hydrogens is 322 g/mol. The highest BCUT2D eigenvalue weighted by Gasteiger charge is 2.11. The Kier molecular flexibility index (Phi) is 4.91. The molecule has 0 aliphatic heterocycles. The fourth-order valence-electron chi connectivity index (χ4n) is 2.41. The molecule has 0 aliphatic rings. The number of rotatable bonds is 5. The van der Waals surface area contributed by atoms with Crippen LogP contribution in [0.3, 0.4) is 0 Å². The van der Waals surface area contributed by atoms with Crippen molar-refractivity contribution in [3.63, 3.8) is 0 Å². The minimum absolute atomic E-state index is 0.437. The number of nitrogens with one attached hydrogen (secondary N) is 1. The van der Waals surface area contributed by atoms with Crippen LogP contribution in [-0.2, 0) is 0 Å². The number of anilines is 4. The van der Waals surface area contributed by atoms with E-state index in [0.29, 0.717) is 11.0 Å². The predicted octanol–water partition coefficient (Wildman–Crippen LogP) is 4.74. The number of aromatic nitrogens is 3. The van der Waals surface area contributed by atoms with Gasteiger partial charge in [-0.2, -0.15) is 10.1 Å². The van der Waals surface area contributed by atoms with Crippen LogP contribution in [0.2, 0.25) is 5.02 Å². The third kappa shape index (κ3) is 3.63. The Morgan fingerprint density at radius 3 is 2.67 bits per heavy atom. The standard InChI is InChI=1S/C18H18ClN5/c1-3-24(15-7-5-4-6-8-15)17-12-20-23-18(22-17)21-16-11-14(19)10-9-13(16)2/h4-12H,3H2,1-2H3,(H,21,22,23). The van der Waals surface area contributed by atoms with E-state index in [1.165, 1.54) is 0 Å². The summed E-state index contributed by atoms with van der Waals surface area (Å²) in [6, 6.07) is 15.7. The first-order valence-electron chi connectivity index (χ1n) is 7.73. The quantitative estimate of drug-likeness (QED) is 0.728. The average molecular weight is 340 g/mol. The highest BCUT2D eigenvalue weighted by Crippen LogP contribution is 2.25. The van der Waals surface area contributed by atoms with Crippen molar-refractivity contribution < 1.29 is 0 Å². The summed E-state index contributed by atoms with van der Waals surface area (Å²) in [5, 5.41) is 12.0. The van der Waals surface area contributed by atoms with Gasteiger partial charge in [-0.15, -0.1) is 5.10 Å². The topological polar surface area (TPSA) is 53.9 Å². The fraction of sp³-hybridized carbons (Fsp3) is 0.167. The number of hydrogen-bond acceptors (Lipinski definition) is 5. The maximum atomic E-state index is 6.06. The summed E-state index contributed by atoms with van der Waals surface area (Å²) in [7, 11) is 0. The van der Waals surface area contributed by atoms with Crippen LogP contribution < -0.4 is 10.2 Å². The Morgan fingerprint density at radius 1 is 1.12 bits per heavy atom. The Morgan fingerprint density at radius 2 is 1.92 bits per heavy atom. The normalized spacial score (nSPS) is 10.5. The molecule has 0 radical (unpaired) electrons. The van der Waals surface area contributed by atoms with Crippen LogP contribution >= 0.6 is 11.6 Å². The molecule has 3 rings (SSSR count). The summed E-state index contributed by atoms with van der Waals surface area (Å²) in [6.45, 7) is 4.85. The molecule has 0 spiro atoms. The number of nitrogens with zero attached hydrogens (tertiary/aromatic N) is 4. The molecule has 24 heavy (non-hydrogen) atoms. The summed E-state index contributed by atoms with van der Waals surface area (Å²) < 4.78 is 0. The summed E-state index contributed by atoms with van der Waals surface area (Å²) in [5.41, 5.74) is 2.98. The molecule has 122 valence electrons. The molecule has 1 aromatic heterocycles. The van der Waals surface area contributed by atoms with Crippen molar-refractivity contribution in [2.75, 3.05) is 16.8 Å². The van der Waals surface area contributed by atoms with Gasteiger partial charge < -0.3 is 10.2 Å². The highest BCUT2D eigenvalue weighted by atomic mass is 35.5. The van der Waals surface area contributed by atoms with Crippen LogP contribution in [0.1, 0.15) is 12.5 Å². The van der Waals surface area contributed by atoms with Gasteiger partial charge in [-0.25, -0.2) is 0 Å². The molecule has 0 unspecified atom stereocenters. The van der Waals surface area contributed by atoms with E-state index < -0.39 is 0 Å². The molecule has 0 atom stereocenters. The van der Waals surface area contributed by atoms with Gasteiger partial charge in [0.15, 0.2) is 5.82 Å². The van der Waals surface area contributed by atoms with Crippen molar-refractivity contribution in [3.05, 3.63) is 65.3 Å². The molecule has 3 aromatic rings. The first-order chi connectivity index (χ1) is 11.7. The molecule has 1 N–H and O–H groups in total. The van der Waals surface area contributed by atoms with E-state index in [-0.39, 0.29) is 0 Å². The average Bonchev–Trinajstić information content (AvgIpc) is 2.60. The van der Waals surface area contributed by atoms with E-state index in [1.54, 1.807) is 6.20 Å². The van der Waals surface area contributed by atoms with Crippen LogP contribution in [0.15, 0.2) is 54.7 Å². The van der Waals surface area contributed by atoms with Crippen LogP contribution in [0.4, 0.5) is 23.1 Å². The zero-order chi connectivity index (χ0) is 16.9. The monoisotopic (exact) mass is 339 g/mol. The first-order valence-corrected chi connectivity index (χ1v) is 8.10. The van der Waals surface area contributed by atoms with Gasteiger partial charge in [-0.3, -0.25) is 0 Å². The maximum Gasteiger partial charge on any atom is 0.249 e. The molecule has 6 heteroatoms. The maximum absolute atomic E-state index is 6.06. The second-order valence-corrected chi connectivity index (χ2v) is 5.74. The van der Waals surface area contributed by atoms with Crippen LogP contribution in [-0.4, -0.2) is 21.7 Å². The Balaban J connectivity index is 1.90. The van der Waals surface area contributed by atoms with Gasteiger partial charge in [0.25, 0.3) is 0 Å². The number of hydrogen-bond donors (Lipinski definition) is 1. The zero-order valence-electron chi connectivity index (χ0n) is 13.6. The van der Waals surface area contributed by atoms with E-state index in [0.717, 1.165) is 29.3 Å². The molecule has 1 heterocycles. The minimum atomic E-state index is 0.437. The lowest BCUT2D eigenvalue weighted by atomic mass is 10.2. The SMILES string of the molecule is CCN(c1ccccc1)c1cnnc(Nc2cc(Cl)ccc2C)n1. The van der Waals surface area contributed by atoms with E-state index >= 15 is 0 Å². The second kappa shape index (κ2) is 7.27. The molecule has 0 amide bonds. The number of aryl methyl sites for hydroxylation is 1. The molecule has 2 aromatic carbocycles. The zero-order valence-corrected chi connectivity index (χ0v) is 14.3. The van der Waals surface area contributed by atoms with Crippen LogP contribution in [0, 0.1) is 6.92 Å². The molecule has 0 saturated carbocycles. The smallest absolute Gasteiger partial charge is 0.249 e. The lowest BCUT2D eigenvalue weighted by Crippen LogP contribution is -2.18. The molecule has 0 saturated heterocycles. The van der Waals surface area contributed by atoms with Crippen molar-refractivity contribution in [2.45, 2.75) is 13.8 Å². The van der Waals surface area contributed by atoms with Gasteiger partial charge in [0.2, 0.25) is 5.95 Å². The van der Waals surface area contributed by atoms with Crippen molar-refractivity contribution in [3.8, 4) is 0 Å². The first kappa shape index (κ1) is 16.2. The van der Waals surface area contributed by atoms with Crippen molar-refractivity contribution >= 4 is 34.7 Å². The Labute approximate surface area is 146 Å². The van der Waals surface area contributed by atoms with Gasteiger partial charge in [0, 0.05) is 22.9 Å². The van der Waals surface area contributed by atoms with Crippen molar-refractivity contribution in [1.29, 1.82) is 0 Å². The summed E-state index contributed by atoms with van der Waals surface area (Å²) in [6.07, 6.45) is 1.66. The van der Waals surface area contributed by atoms with E-state index in [9.17, 15) is 0 Å². The number of halogens is 1. The molecule has 0 bridgehead atoms. The van der Waals surface area contributed by atoms with Crippen LogP contribution in [0.5, 0.6) is 0 Å². The summed E-state index contributed by atoms with van der Waals surface area (Å²) in [4.78, 5) is 6.66. The molecular formula is C18H18ClN5. The summed E-state index contributed by atoms with van der Waals surface area (Å²) >= 11 is 6.06. The summed E-state index contributed by atoms with van der Waals surface area (Å²) in [5.74, 6) is 1.17. The van der Waals surface area contributed by atoms with Gasteiger partial charge in [-0.05, 0) is 43.7 Å². The molecule has 0 fully saturated rings. The van der Waals surface area contributed by atoms with E-state index in [2.05, 4.69) is 32.3 Å². The van der Waals surface area contributed by atoms with Crippen molar-refractivity contribution in [1.82, 2.24) is 15.2 Å². The van der Waals surface area contributed by atoms with E-state index in [1.807, 2.05) is 55.5 Å².